The minimum atomic E-state index is 0.606. The molecule has 1 aromatic rings. The van der Waals surface area contributed by atoms with Gasteiger partial charge >= 0.3 is 0 Å². The maximum atomic E-state index is 5.93. The van der Waals surface area contributed by atoms with Gasteiger partial charge in [0, 0.05) is 0 Å². The van der Waals surface area contributed by atoms with Crippen LogP contribution in [0.2, 0.25) is 0 Å². The number of rotatable bonds is 8. The van der Waals surface area contributed by atoms with Crippen molar-refractivity contribution < 1.29 is 4.42 Å². The summed E-state index contributed by atoms with van der Waals surface area (Å²) in [5.74, 6) is 2.18. The van der Waals surface area contributed by atoms with Crippen molar-refractivity contribution in [1.82, 2.24) is 10.2 Å². The molecule has 0 spiro atoms. The highest BCUT2D eigenvalue weighted by atomic mass is 16.3. The monoisotopic (exact) mass is 292 g/mol. The molecule has 1 aliphatic heterocycles. The van der Waals surface area contributed by atoms with Crippen molar-refractivity contribution in [2.75, 3.05) is 19.6 Å². The summed E-state index contributed by atoms with van der Waals surface area (Å²) in [5.41, 5.74) is 0.606. The molecule has 1 N–H and O–H groups in total. The molecule has 0 amide bonds. The van der Waals surface area contributed by atoms with E-state index in [1.165, 1.54) is 38.8 Å². The van der Waals surface area contributed by atoms with E-state index in [0.717, 1.165) is 37.6 Å². The molecule has 0 unspecified atom stereocenters. The van der Waals surface area contributed by atoms with Crippen LogP contribution in [0.25, 0.3) is 0 Å². The Morgan fingerprint density at radius 3 is 2.38 bits per heavy atom. The number of hydrogen-bond donors (Lipinski definition) is 1. The molecular weight excluding hydrogens is 260 g/mol. The summed E-state index contributed by atoms with van der Waals surface area (Å²) in [6.45, 7) is 12.2. The van der Waals surface area contributed by atoms with Gasteiger partial charge < -0.3 is 9.73 Å². The third-order valence-electron chi connectivity index (χ3n) is 5.24. The van der Waals surface area contributed by atoms with Crippen LogP contribution in [-0.4, -0.2) is 24.5 Å². The first-order chi connectivity index (χ1) is 10.2. The summed E-state index contributed by atoms with van der Waals surface area (Å²) >= 11 is 0. The van der Waals surface area contributed by atoms with Gasteiger partial charge in [-0.15, -0.1) is 0 Å². The van der Waals surface area contributed by atoms with Crippen molar-refractivity contribution in [2.45, 2.75) is 66.0 Å². The maximum Gasteiger partial charge on any atom is 0.118 e. The highest BCUT2D eigenvalue weighted by Gasteiger charge is 2.31. The van der Waals surface area contributed by atoms with Gasteiger partial charge in [-0.2, -0.15) is 0 Å². The van der Waals surface area contributed by atoms with E-state index >= 15 is 0 Å². The van der Waals surface area contributed by atoms with Gasteiger partial charge in [0.2, 0.25) is 0 Å². The van der Waals surface area contributed by atoms with E-state index < -0.39 is 0 Å². The minimum absolute atomic E-state index is 0.606. The molecular formula is C18H32N2O. The molecule has 1 aliphatic rings. The lowest BCUT2D eigenvalue weighted by atomic mass is 9.74. The van der Waals surface area contributed by atoms with Gasteiger partial charge in [-0.1, -0.05) is 33.6 Å². The second kappa shape index (κ2) is 8.00. The quantitative estimate of drug-likeness (QED) is 0.729. The fraction of sp³-hybridized carbons (Fsp3) is 0.778. The van der Waals surface area contributed by atoms with E-state index in [4.69, 9.17) is 4.42 Å². The fourth-order valence-electron chi connectivity index (χ4n) is 3.35. The van der Waals surface area contributed by atoms with Crippen molar-refractivity contribution in [3.8, 4) is 0 Å². The van der Waals surface area contributed by atoms with Crippen LogP contribution in [0.3, 0.4) is 0 Å². The molecule has 0 saturated carbocycles. The Hall–Kier alpha value is -0.800. The highest BCUT2D eigenvalue weighted by Crippen LogP contribution is 2.38. The first-order valence-corrected chi connectivity index (χ1v) is 8.72. The van der Waals surface area contributed by atoms with Crippen LogP contribution < -0.4 is 5.32 Å². The lowest BCUT2D eigenvalue weighted by Crippen LogP contribution is -2.39. The molecule has 3 nitrogen and oxygen atoms in total. The van der Waals surface area contributed by atoms with Gasteiger partial charge in [0.15, 0.2) is 0 Å². The number of likely N-dealkylation sites (tertiary alicyclic amines) is 1. The Bertz CT molecular complexity index is 399. The standard InChI is InChI=1S/C18H32N2O/c1-4-11-19-14-16-7-8-17(21-16)15-20-12-9-18(5-2,6-3)10-13-20/h7-8,19H,4-6,9-15H2,1-3H3. The Morgan fingerprint density at radius 2 is 1.76 bits per heavy atom. The van der Waals surface area contributed by atoms with Crippen molar-refractivity contribution in [2.24, 2.45) is 5.41 Å². The maximum absolute atomic E-state index is 5.93. The summed E-state index contributed by atoms with van der Waals surface area (Å²) in [6, 6.07) is 4.26. The van der Waals surface area contributed by atoms with Gasteiger partial charge in [-0.05, 0) is 56.4 Å². The third-order valence-corrected chi connectivity index (χ3v) is 5.24. The molecule has 2 heterocycles. The smallest absolute Gasteiger partial charge is 0.118 e. The van der Waals surface area contributed by atoms with Crippen LogP contribution in [0.4, 0.5) is 0 Å². The molecule has 21 heavy (non-hydrogen) atoms. The Morgan fingerprint density at radius 1 is 1.10 bits per heavy atom. The highest BCUT2D eigenvalue weighted by molar-refractivity contribution is 5.07. The SMILES string of the molecule is CCCNCc1ccc(CN2CCC(CC)(CC)CC2)o1. The summed E-state index contributed by atoms with van der Waals surface area (Å²) in [7, 11) is 0. The number of furan rings is 1. The van der Waals surface area contributed by atoms with E-state index in [9.17, 15) is 0 Å². The first-order valence-electron chi connectivity index (χ1n) is 8.72. The van der Waals surface area contributed by atoms with E-state index in [2.05, 4.69) is 43.1 Å². The van der Waals surface area contributed by atoms with Crippen molar-refractivity contribution in [1.29, 1.82) is 0 Å². The lowest BCUT2D eigenvalue weighted by Gasteiger charge is -2.40. The average molecular weight is 292 g/mol. The zero-order valence-corrected chi connectivity index (χ0v) is 14.1. The molecule has 0 bridgehead atoms. The molecule has 0 aliphatic carbocycles. The number of nitrogens with zero attached hydrogens (tertiary/aromatic N) is 1. The fourth-order valence-corrected chi connectivity index (χ4v) is 3.35. The van der Waals surface area contributed by atoms with E-state index in [1.807, 2.05) is 0 Å². The minimum Gasteiger partial charge on any atom is -0.463 e. The largest absolute Gasteiger partial charge is 0.463 e. The van der Waals surface area contributed by atoms with Crippen LogP contribution in [0.15, 0.2) is 16.5 Å². The van der Waals surface area contributed by atoms with Crippen LogP contribution in [0.5, 0.6) is 0 Å². The van der Waals surface area contributed by atoms with Crippen molar-refractivity contribution in [3.63, 3.8) is 0 Å². The zero-order chi connectivity index (χ0) is 15.1. The molecule has 1 fully saturated rings. The van der Waals surface area contributed by atoms with Crippen LogP contribution in [0.1, 0.15) is 64.4 Å². The predicted octanol–water partition coefficient (Wildman–Crippen LogP) is 4.18. The van der Waals surface area contributed by atoms with Gasteiger partial charge in [0.05, 0.1) is 13.1 Å². The zero-order valence-electron chi connectivity index (χ0n) is 14.1. The Labute approximate surface area is 130 Å². The number of piperidine rings is 1. The molecule has 3 heteroatoms. The molecule has 2 rings (SSSR count). The second-order valence-electron chi connectivity index (χ2n) is 6.53. The van der Waals surface area contributed by atoms with Crippen LogP contribution in [-0.2, 0) is 13.1 Å². The summed E-state index contributed by atoms with van der Waals surface area (Å²) in [5, 5.41) is 3.39. The third kappa shape index (κ3) is 4.58. The van der Waals surface area contributed by atoms with Crippen LogP contribution in [0, 0.1) is 5.41 Å². The molecule has 0 radical (unpaired) electrons. The topological polar surface area (TPSA) is 28.4 Å². The Balaban J connectivity index is 1.78. The Kier molecular flexibility index (Phi) is 6.31. The van der Waals surface area contributed by atoms with Gasteiger partial charge in [-0.3, -0.25) is 4.90 Å². The molecule has 1 saturated heterocycles. The average Bonchev–Trinajstić information content (AvgIpc) is 2.96. The van der Waals surface area contributed by atoms with Gasteiger partial charge in [0.25, 0.3) is 0 Å². The second-order valence-corrected chi connectivity index (χ2v) is 6.53. The van der Waals surface area contributed by atoms with Crippen LogP contribution >= 0.6 is 0 Å². The number of nitrogens with one attached hydrogen (secondary N) is 1. The molecule has 120 valence electrons. The summed E-state index contributed by atoms with van der Waals surface area (Å²) < 4.78 is 5.93. The molecule has 0 atom stereocenters. The van der Waals surface area contributed by atoms with Crippen molar-refractivity contribution in [3.05, 3.63) is 23.7 Å². The van der Waals surface area contributed by atoms with E-state index in [1.54, 1.807) is 0 Å². The summed E-state index contributed by atoms with van der Waals surface area (Å²) in [4.78, 5) is 2.55. The van der Waals surface area contributed by atoms with Crippen molar-refractivity contribution >= 4 is 0 Å². The lowest BCUT2D eigenvalue weighted by molar-refractivity contribution is 0.0860. The number of hydrogen-bond acceptors (Lipinski definition) is 3. The molecule has 1 aromatic heterocycles. The van der Waals surface area contributed by atoms with Gasteiger partial charge in [-0.25, -0.2) is 0 Å². The van der Waals surface area contributed by atoms with E-state index in [0.29, 0.717) is 5.41 Å². The van der Waals surface area contributed by atoms with E-state index in [-0.39, 0.29) is 0 Å². The normalized spacial score (nSPS) is 19.0. The summed E-state index contributed by atoms with van der Waals surface area (Å²) in [6.07, 6.45) is 6.49. The van der Waals surface area contributed by atoms with Gasteiger partial charge in [0.1, 0.15) is 11.5 Å². The molecule has 0 aromatic carbocycles. The predicted molar refractivity (Wildman–Crippen MR) is 88.2 cm³/mol. The first kappa shape index (κ1) is 16.6.